The molecule has 6 aliphatic carbocycles. The quantitative estimate of drug-likeness (QED) is 0.231. The molecule has 0 radical (unpaired) electrons. The van der Waals surface area contributed by atoms with Crippen LogP contribution in [0.2, 0.25) is 0 Å². The Bertz CT molecular complexity index is 1760. The van der Waals surface area contributed by atoms with Gasteiger partial charge in [-0.3, -0.25) is 24.1 Å². The van der Waals surface area contributed by atoms with E-state index >= 15 is 0 Å². The highest BCUT2D eigenvalue weighted by Gasteiger charge is 2.63. The molecule has 8 nitrogen and oxygen atoms in total. The third kappa shape index (κ3) is 7.29. The third-order valence-corrected chi connectivity index (χ3v) is 17.8. The maximum atomic E-state index is 14.0. The molecule has 1 aliphatic heterocycles. The minimum absolute atomic E-state index is 0.0505. The van der Waals surface area contributed by atoms with Gasteiger partial charge in [0.25, 0.3) is 0 Å². The lowest BCUT2D eigenvalue weighted by Crippen LogP contribution is -2.58. The highest BCUT2D eigenvalue weighted by molar-refractivity contribution is 6.01. The molecule has 1 amide bonds. The number of carbonyl (C=O) groups excluding carboxylic acids is 3. The number of benzene rings is 1. The van der Waals surface area contributed by atoms with E-state index in [9.17, 15) is 24.3 Å². The van der Waals surface area contributed by atoms with Crippen LogP contribution < -0.4 is 5.32 Å². The van der Waals surface area contributed by atoms with Crippen molar-refractivity contribution in [2.75, 3.05) is 26.3 Å². The fourth-order valence-electron chi connectivity index (χ4n) is 14.8. The average molecular weight is 783 g/mol. The molecule has 6 fully saturated rings. The highest BCUT2D eigenvalue weighted by atomic mass is 16.5. The number of nitrogens with one attached hydrogen (secondary N) is 1. The van der Waals surface area contributed by atoms with E-state index in [1.165, 1.54) is 30.4 Å². The van der Waals surface area contributed by atoms with E-state index in [1.807, 2.05) is 6.92 Å². The third-order valence-electron chi connectivity index (χ3n) is 17.8. The number of Topliss-reactive ketones (excluding diaryl/α,β-unsaturated/α-hetero) is 2. The lowest BCUT2D eigenvalue weighted by atomic mass is 9.39. The number of carboxylic acid groups (broad SMARTS) is 1. The summed E-state index contributed by atoms with van der Waals surface area (Å²) in [4.78, 5) is 55.5. The van der Waals surface area contributed by atoms with Gasteiger partial charge >= 0.3 is 5.97 Å². The second-order valence-corrected chi connectivity index (χ2v) is 21.2. The SMILES string of the molecule is CC(C)C1=C2C3CCC4C(CCC5C(C)(C)C(CC(=O)C6CC(C(=O)O)C6C)CCC45C)C3CCC2(CC(=O)NCc2ccc(CN3CCOCC3)cc2)CC1=O. The molecular formula is C49H70N2O6. The molecule has 0 aromatic heterocycles. The summed E-state index contributed by atoms with van der Waals surface area (Å²) in [6.07, 6.45) is 11.0. The van der Waals surface area contributed by atoms with Crippen LogP contribution in [0.5, 0.6) is 0 Å². The van der Waals surface area contributed by atoms with Crippen LogP contribution in [0, 0.1) is 75.4 Å². The Hall–Kier alpha value is -2.84. The van der Waals surface area contributed by atoms with Crippen molar-refractivity contribution in [1.29, 1.82) is 0 Å². The van der Waals surface area contributed by atoms with E-state index < -0.39 is 5.97 Å². The average Bonchev–Trinajstić information content (AvgIpc) is 3.47. The first-order chi connectivity index (χ1) is 27.1. The molecule has 57 heavy (non-hydrogen) atoms. The maximum absolute atomic E-state index is 14.0. The zero-order valence-corrected chi connectivity index (χ0v) is 35.7. The van der Waals surface area contributed by atoms with E-state index in [0.29, 0.717) is 73.5 Å². The Kier molecular flexibility index (Phi) is 11.2. The Morgan fingerprint density at radius 2 is 1.63 bits per heavy atom. The second kappa shape index (κ2) is 15.6. The van der Waals surface area contributed by atoms with Gasteiger partial charge in [-0.15, -0.1) is 0 Å². The number of ketones is 2. The van der Waals surface area contributed by atoms with Crippen LogP contribution in [0.15, 0.2) is 35.4 Å². The summed E-state index contributed by atoms with van der Waals surface area (Å²) < 4.78 is 5.50. The molecule has 11 unspecified atom stereocenters. The topological polar surface area (TPSA) is 113 Å². The Morgan fingerprint density at radius 1 is 0.912 bits per heavy atom. The van der Waals surface area contributed by atoms with Crippen LogP contribution in [0.1, 0.15) is 130 Å². The fourth-order valence-corrected chi connectivity index (χ4v) is 14.8. The summed E-state index contributed by atoms with van der Waals surface area (Å²) in [5, 5.41) is 12.8. The summed E-state index contributed by atoms with van der Waals surface area (Å²) in [7, 11) is 0. The summed E-state index contributed by atoms with van der Waals surface area (Å²) >= 11 is 0. The van der Waals surface area contributed by atoms with E-state index in [4.69, 9.17) is 4.74 Å². The molecule has 1 saturated heterocycles. The van der Waals surface area contributed by atoms with E-state index in [0.717, 1.165) is 76.1 Å². The standard InChI is InChI=1S/C49H70N2O6/c1-29(2)44-41(53)25-49(26-43(54)50-27-31-7-9-32(10-8-31)28-51-19-21-57-22-20-51)18-16-34-35-12-14-42-47(4,5)33(23-40(52)37-24-38(30(37)3)46(55)56)15-17-48(42,6)39(35)13-11-36(34)45(44)49/h7-10,29-30,33-39,42H,11-28H2,1-6H3,(H,50,54)(H,55,56). The van der Waals surface area contributed by atoms with Gasteiger partial charge in [-0.1, -0.05) is 71.4 Å². The van der Waals surface area contributed by atoms with Gasteiger partial charge in [-0.05, 0) is 133 Å². The van der Waals surface area contributed by atoms with Crippen LogP contribution in [0.3, 0.4) is 0 Å². The molecule has 312 valence electrons. The Balaban J connectivity index is 0.934. The van der Waals surface area contributed by atoms with Gasteiger partial charge in [-0.2, -0.15) is 0 Å². The molecule has 0 bridgehead atoms. The Labute approximate surface area is 341 Å². The number of nitrogens with zero attached hydrogens (tertiary/aromatic N) is 1. The Morgan fingerprint density at radius 3 is 2.32 bits per heavy atom. The fraction of sp³-hybridized carbons (Fsp3) is 0.755. The van der Waals surface area contributed by atoms with Gasteiger partial charge in [0.2, 0.25) is 5.91 Å². The van der Waals surface area contributed by atoms with Gasteiger partial charge < -0.3 is 15.2 Å². The first-order valence-corrected chi connectivity index (χ1v) is 22.8. The predicted molar refractivity (Wildman–Crippen MR) is 221 cm³/mol. The molecule has 8 heteroatoms. The van der Waals surface area contributed by atoms with Gasteiger partial charge in [0, 0.05) is 56.8 Å². The molecule has 2 N–H and O–H groups in total. The monoisotopic (exact) mass is 783 g/mol. The van der Waals surface area contributed by atoms with Crippen LogP contribution in [-0.4, -0.2) is 59.8 Å². The number of allylic oxidation sites excluding steroid dienone is 2. The van der Waals surface area contributed by atoms with Crippen molar-refractivity contribution in [2.24, 2.45) is 75.4 Å². The molecule has 1 aromatic rings. The normalized spacial score (nSPS) is 38.7. The zero-order chi connectivity index (χ0) is 40.4. The molecule has 8 rings (SSSR count). The van der Waals surface area contributed by atoms with Crippen LogP contribution >= 0.6 is 0 Å². The molecule has 5 saturated carbocycles. The van der Waals surface area contributed by atoms with Crippen LogP contribution in [-0.2, 0) is 37.0 Å². The number of rotatable bonds is 11. The zero-order valence-electron chi connectivity index (χ0n) is 35.7. The molecule has 7 aliphatic rings. The van der Waals surface area contributed by atoms with Crippen molar-refractivity contribution in [3.05, 3.63) is 46.5 Å². The number of hydrogen-bond acceptors (Lipinski definition) is 6. The minimum atomic E-state index is -0.759. The number of hydrogen-bond donors (Lipinski definition) is 2. The number of fused-ring (bicyclic) bond motifs is 7. The van der Waals surface area contributed by atoms with Crippen molar-refractivity contribution in [3.8, 4) is 0 Å². The molecule has 1 aromatic carbocycles. The largest absolute Gasteiger partial charge is 0.481 e. The predicted octanol–water partition coefficient (Wildman–Crippen LogP) is 8.66. The van der Waals surface area contributed by atoms with Gasteiger partial charge in [0.1, 0.15) is 5.78 Å². The highest BCUT2D eigenvalue weighted by Crippen LogP contribution is 2.70. The number of morpholine rings is 1. The smallest absolute Gasteiger partial charge is 0.306 e. The van der Waals surface area contributed by atoms with Crippen molar-refractivity contribution in [3.63, 3.8) is 0 Å². The molecule has 0 spiro atoms. The number of carboxylic acids is 1. The van der Waals surface area contributed by atoms with Crippen LogP contribution in [0.4, 0.5) is 0 Å². The summed E-state index contributed by atoms with van der Waals surface area (Å²) in [5.41, 5.74) is 4.73. The lowest BCUT2D eigenvalue weighted by molar-refractivity contribution is -0.163. The van der Waals surface area contributed by atoms with E-state index in [1.54, 1.807) is 0 Å². The first kappa shape index (κ1) is 40.9. The number of aliphatic carboxylic acids is 1. The van der Waals surface area contributed by atoms with Gasteiger partial charge in [0.05, 0.1) is 19.1 Å². The van der Waals surface area contributed by atoms with Gasteiger partial charge in [0.15, 0.2) is 5.78 Å². The maximum Gasteiger partial charge on any atom is 0.306 e. The summed E-state index contributed by atoms with van der Waals surface area (Å²) in [5.74, 6) is 2.66. The van der Waals surface area contributed by atoms with Crippen molar-refractivity contribution < 1.29 is 29.0 Å². The first-order valence-electron chi connectivity index (χ1n) is 22.8. The van der Waals surface area contributed by atoms with Crippen LogP contribution in [0.25, 0.3) is 0 Å². The number of carbonyl (C=O) groups is 4. The van der Waals surface area contributed by atoms with Gasteiger partial charge in [-0.25, -0.2) is 0 Å². The molecule has 11 atom stereocenters. The second-order valence-electron chi connectivity index (χ2n) is 21.2. The minimum Gasteiger partial charge on any atom is -0.481 e. The number of amides is 1. The van der Waals surface area contributed by atoms with Crippen molar-refractivity contribution in [1.82, 2.24) is 10.2 Å². The summed E-state index contributed by atoms with van der Waals surface area (Å²) in [6, 6.07) is 8.62. The lowest BCUT2D eigenvalue weighted by Gasteiger charge is -2.65. The molecule has 1 heterocycles. The molecular weight excluding hydrogens is 713 g/mol. The van der Waals surface area contributed by atoms with E-state index in [-0.39, 0.29) is 51.6 Å². The van der Waals surface area contributed by atoms with Crippen molar-refractivity contribution in [2.45, 2.75) is 132 Å². The summed E-state index contributed by atoms with van der Waals surface area (Å²) in [6.45, 7) is 18.7. The number of ether oxygens (including phenoxy) is 1. The van der Waals surface area contributed by atoms with Crippen molar-refractivity contribution >= 4 is 23.4 Å². The van der Waals surface area contributed by atoms with E-state index in [2.05, 4.69) is 69.1 Å².